The Hall–Kier alpha value is -2.00. The zero-order valence-corrected chi connectivity index (χ0v) is 12.0. The number of hydrogen-bond donors (Lipinski definition) is 1. The molecule has 0 heterocycles. The molecule has 1 amide bonds. The molecule has 0 unspecified atom stereocenters. The highest BCUT2D eigenvalue weighted by Gasteiger charge is 2.08. The third-order valence-electron chi connectivity index (χ3n) is 2.81. The third kappa shape index (κ3) is 3.75. The lowest BCUT2D eigenvalue weighted by atomic mass is 10.2. The smallest absolute Gasteiger partial charge is 0.253 e. The minimum atomic E-state index is -0.176. The van der Waals surface area contributed by atoms with E-state index in [0.29, 0.717) is 23.7 Å². The fraction of sp³-hybridized carbons (Fsp3) is 0.188. The predicted molar refractivity (Wildman–Crippen MR) is 80.2 cm³/mol. The summed E-state index contributed by atoms with van der Waals surface area (Å²) in [7, 11) is 0. The van der Waals surface area contributed by atoms with Gasteiger partial charge in [-0.3, -0.25) is 4.79 Å². The largest absolute Gasteiger partial charge is 0.494 e. The number of amides is 1. The van der Waals surface area contributed by atoms with Crippen molar-refractivity contribution in [2.75, 3.05) is 6.61 Å². The summed E-state index contributed by atoms with van der Waals surface area (Å²) in [5.74, 6) is 0.651. The summed E-state index contributed by atoms with van der Waals surface area (Å²) in [6.45, 7) is 3.04. The highest BCUT2D eigenvalue weighted by Crippen LogP contribution is 2.15. The molecule has 2 aromatic rings. The highest BCUT2D eigenvalue weighted by atomic mass is 35.5. The Morgan fingerprint density at radius 1 is 1.15 bits per heavy atom. The summed E-state index contributed by atoms with van der Waals surface area (Å²) in [6, 6.07) is 14.6. The van der Waals surface area contributed by atoms with Gasteiger partial charge in [0.2, 0.25) is 0 Å². The van der Waals surface area contributed by atoms with Crippen LogP contribution in [0.25, 0.3) is 0 Å². The Kier molecular flexibility index (Phi) is 5.02. The Morgan fingerprint density at radius 3 is 2.50 bits per heavy atom. The van der Waals surface area contributed by atoms with Gasteiger partial charge in [-0.1, -0.05) is 35.9 Å². The van der Waals surface area contributed by atoms with Crippen LogP contribution < -0.4 is 10.1 Å². The molecule has 0 spiro atoms. The van der Waals surface area contributed by atoms with Crippen molar-refractivity contribution < 1.29 is 9.53 Å². The average Bonchev–Trinajstić information content (AvgIpc) is 2.47. The topological polar surface area (TPSA) is 38.3 Å². The number of carbonyl (C=O) groups is 1. The second-order valence-corrected chi connectivity index (χ2v) is 4.65. The molecule has 20 heavy (non-hydrogen) atoms. The van der Waals surface area contributed by atoms with Gasteiger partial charge in [0.1, 0.15) is 5.75 Å². The van der Waals surface area contributed by atoms with Crippen LogP contribution >= 0.6 is 11.6 Å². The van der Waals surface area contributed by atoms with Crippen LogP contribution in [-0.2, 0) is 6.54 Å². The normalized spacial score (nSPS) is 10.1. The van der Waals surface area contributed by atoms with Gasteiger partial charge in [-0.05, 0) is 36.8 Å². The number of benzene rings is 2. The van der Waals surface area contributed by atoms with Gasteiger partial charge in [0, 0.05) is 6.54 Å². The van der Waals surface area contributed by atoms with Crippen molar-refractivity contribution in [1.29, 1.82) is 0 Å². The Bertz CT molecular complexity index is 581. The fourth-order valence-electron chi connectivity index (χ4n) is 1.79. The Labute approximate surface area is 123 Å². The predicted octanol–water partition coefficient (Wildman–Crippen LogP) is 3.67. The molecular formula is C16H16ClNO2. The van der Waals surface area contributed by atoms with Gasteiger partial charge in [0.15, 0.2) is 0 Å². The Morgan fingerprint density at radius 2 is 1.85 bits per heavy atom. The lowest BCUT2D eigenvalue weighted by Gasteiger charge is -2.08. The Balaban J connectivity index is 1.95. The van der Waals surface area contributed by atoms with Crippen LogP contribution in [-0.4, -0.2) is 12.5 Å². The van der Waals surface area contributed by atoms with Crippen molar-refractivity contribution in [3.8, 4) is 5.75 Å². The van der Waals surface area contributed by atoms with E-state index in [4.69, 9.17) is 16.3 Å². The SMILES string of the molecule is CCOc1ccc(CNC(=O)c2ccccc2Cl)cc1. The van der Waals surface area contributed by atoms with E-state index in [1.54, 1.807) is 24.3 Å². The number of rotatable bonds is 5. The molecular weight excluding hydrogens is 274 g/mol. The minimum Gasteiger partial charge on any atom is -0.494 e. The molecule has 2 rings (SSSR count). The molecule has 0 bridgehead atoms. The molecule has 0 fully saturated rings. The summed E-state index contributed by atoms with van der Waals surface area (Å²) in [5.41, 5.74) is 1.49. The number of halogens is 1. The van der Waals surface area contributed by atoms with Crippen molar-refractivity contribution in [3.05, 3.63) is 64.7 Å². The van der Waals surface area contributed by atoms with Crippen molar-refractivity contribution in [3.63, 3.8) is 0 Å². The van der Waals surface area contributed by atoms with E-state index in [9.17, 15) is 4.79 Å². The quantitative estimate of drug-likeness (QED) is 0.912. The maximum atomic E-state index is 12.0. The van der Waals surface area contributed by atoms with Gasteiger partial charge in [0.25, 0.3) is 5.91 Å². The summed E-state index contributed by atoms with van der Waals surface area (Å²) < 4.78 is 5.37. The molecule has 0 radical (unpaired) electrons. The maximum Gasteiger partial charge on any atom is 0.253 e. The van der Waals surface area contributed by atoms with Crippen LogP contribution in [0.5, 0.6) is 5.75 Å². The second kappa shape index (κ2) is 6.96. The minimum absolute atomic E-state index is 0.176. The summed E-state index contributed by atoms with van der Waals surface area (Å²) in [4.78, 5) is 12.0. The molecule has 104 valence electrons. The van der Waals surface area contributed by atoms with E-state index in [0.717, 1.165) is 11.3 Å². The highest BCUT2D eigenvalue weighted by molar-refractivity contribution is 6.33. The maximum absolute atomic E-state index is 12.0. The van der Waals surface area contributed by atoms with Crippen molar-refractivity contribution >= 4 is 17.5 Å². The van der Waals surface area contributed by atoms with Crippen LogP contribution in [0.3, 0.4) is 0 Å². The number of ether oxygens (including phenoxy) is 1. The number of nitrogens with one attached hydrogen (secondary N) is 1. The van der Waals surface area contributed by atoms with Crippen molar-refractivity contribution in [2.45, 2.75) is 13.5 Å². The molecule has 4 heteroatoms. The van der Waals surface area contributed by atoms with E-state index >= 15 is 0 Å². The molecule has 0 atom stereocenters. The molecule has 0 aliphatic carbocycles. The van der Waals surface area contributed by atoms with Crippen LogP contribution in [0.15, 0.2) is 48.5 Å². The summed E-state index contributed by atoms with van der Waals surface area (Å²) >= 11 is 5.98. The molecule has 0 aromatic heterocycles. The standard InChI is InChI=1S/C16H16ClNO2/c1-2-20-13-9-7-12(8-10-13)11-18-16(19)14-5-3-4-6-15(14)17/h3-10H,2,11H2,1H3,(H,18,19). The molecule has 1 N–H and O–H groups in total. The first-order chi connectivity index (χ1) is 9.70. The monoisotopic (exact) mass is 289 g/mol. The van der Waals surface area contributed by atoms with Gasteiger partial charge in [0.05, 0.1) is 17.2 Å². The van der Waals surface area contributed by atoms with Crippen LogP contribution in [0.4, 0.5) is 0 Å². The third-order valence-corrected chi connectivity index (χ3v) is 3.14. The van der Waals surface area contributed by atoms with Crippen LogP contribution in [0.2, 0.25) is 5.02 Å². The van der Waals surface area contributed by atoms with Gasteiger partial charge in [-0.25, -0.2) is 0 Å². The lowest BCUT2D eigenvalue weighted by molar-refractivity contribution is 0.0951. The van der Waals surface area contributed by atoms with E-state index in [2.05, 4.69) is 5.32 Å². The first-order valence-corrected chi connectivity index (χ1v) is 6.83. The van der Waals surface area contributed by atoms with Gasteiger partial charge >= 0.3 is 0 Å². The van der Waals surface area contributed by atoms with Crippen molar-refractivity contribution in [2.24, 2.45) is 0 Å². The van der Waals surface area contributed by atoms with Crippen LogP contribution in [0, 0.1) is 0 Å². The molecule has 2 aromatic carbocycles. The first kappa shape index (κ1) is 14.4. The van der Waals surface area contributed by atoms with E-state index < -0.39 is 0 Å². The molecule has 3 nitrogen and oxygen atoms in total. The first-order valence-electron chi connectivity index (χ1n) is 6.45. The van der Waals surface area contributed by atoms with Crippen LogP contribution in [0.1, 0.15) is 22.8 Å². The van der Waals surface area contributed by atoms with E-state index in [-0.39, 0.29) is 5.91 Å². The number of carbonyl (C=O) groups excluding carboxylic acids is 1. The van der Waals surface area contributed by atoms with E-state index in [1.807, 2.05) is 31.2 Å². The molecule has 0 saturated heterocycles. The summed E-state index contributed by atoms with van der Waals surface area (Å²) in [5, 5.41) is 3.30. The van der Waals surface area contributed by atoms with Gasteiger partial charge in [-0.15, -0.1) is 0 Å². The van der Waals surface area contributed by atoms with E-state index in [1.165, 1.54) is 0 Å². The fourth-order valence-corrected chi connectivity index (χ4v) is 2.01. The van der Waals surface area contributed by atoms with Gasteiger partial charge < -0.3 is 10.1 Å². The molecule has 0 saturated carbocycles. The zero-order chi connectivity index (χ0) is 14.4. The molecule has 0 aliphatic rings. The lowest BCUT2D eigenvalue weighted by Crippen LogP contribution is -2.23. The summed E-state index contributed by atoms with van der Waals surface area (Å²) in [6.07, 6.45) is 0. The van der Waals surface area contributed by atoms with Gasteiger partial charge in [-0.2, -0.15) is 0 Å². The number of hydrogen-bond acceptors (Lipinski definition) is 2. The van der Waals surface area contributed by atoms with Crippen molar-refractivity contribution in [1.82, 2.24) is 5.32 Å². The average molecular weight is 290 g/mol. The zero-order valence-electron chi connectivity index (χ0n) is 11.2. The molecule has 0 aliphatic heterocycles. The second-order valence-electron chi connectivity index (χ2n) is 4.24.